The molecule has 1 spiro atoms. The van der Waals surface area contributed by atoms with Crippen LogP contribution in [0, 0.1) is 5.41 Å². The fourth-order valence-electron chi connectivity index (χ4n) is 4.33. The molecule has 39 heavy (non-hydrogen) atoms. The van der Waals surface area contributed by atoms with Crippen LogP contribution < -0.4 is 0 Å². The highest BCUT2D eigenvalue weighted by Crippen LogP contribution is 2.53. The molecular weight excluding hydrogens is 530 g/mol. The lowest BCUT2D eigenvalue weighted by Gasteiger charge is -2.41. The average molecular weight is 561 g/mol. The van der Waals surface area contributed by atoms with Crippen molar-refractivity contribution in [2.75, 3.05) is 26.4 Å². The normalized spacial score (nSPS) is 23.1. The third kappa shape index (κ3) is 6.99. The Labute approximate surface area is 231 Å². The molecule has 2 aliphatic heterocycles. The summed E-state index contributed by atoms with van der Waals surface area (Å²) in [5, 5.41) is 0. The zero-order valence-electron chi connectivity index (χ0n) is 21.5. The van der Waals surface area contributed by atoms with Crippen LogP contribution in [0.2, 0.25) is 0 Å². The summed E-state index contributed by atoms with van der Waals surface area (Å²) in [4.78, 5) is 0. The van der Waals surface area contributed by atoms with E-state index in [2.05, 4.69) is 72.8 Å². The molecule has 0 aromatic heterocycles. The maximum Gasteiger partial charge on any atom is 0.333 e. The van der Waals surface area contributed by atoms with Crippen molar-refractivity contribution in [1.82, 2.24) is 0 Å². The zero-order chi connectivity index (χ0) is 26.3. The minimum Gasteiger partial charge on any atom is -0.311 e. The van der Waals surface area contributed by atoms with Crippen LogP contribution in [0.3, 0.4) is 0 Å². The molecule has 2 aliphatic rings. The summed E-state index contributed by atoms with van der Waals surface area (Å²) in [6.07, 6.45) is 0. The van der Waals surface area contributed by atoms with Gasteiger partial charge in [0.05, 0.1) is 45.1 Å². The Morgan fingerprint density at radius 2 is 0.795 bits per heavy atom. The predicted molar refractivity (Wildman–Crippen MR) is 153 cm³/mol. The van der Waals surface area contributed by atoms with Crippen molar-refractivity contribution in [3.63, 3.8) is 0 Å². The molecule has 0 aliphatic carbocycles. The van der Waals surface area contributed by atoms with Crippen molar-refractivity contribution >= 4 is 17.2 Å². The molecule has 4 aromatic carbocycles. The van der Waals surface area contributed by atoms with E-state index >= 15 is 0 Å². The smallest absolute Gasteiger partial charge is 0.311 e. The van der Waals surface area contributed by atoms with E-state index in [-0.39, 0.29) is 5.41 Å². The molecule has 0 radical (unpaired) electrons. The number of benzene rings is 4. The van der Waals surface area contributed by atoms with Gasteiger partial charge in [-0.2, -0.15) is 0 Å². The largest absolute Gasteiger partial charge is 0.333 e. The van der Waals surface area contributed by atoms with Gasteiger partial charge in [-0.25, -0.2) is 0 Å². The summed E-state index contributed by atoms with van der Waals surface area (Å²) >= 11 is 0. The lowest BCUT2D eigenvalue weighted by atomic mass is 9.93. The van der Waals surface area contributed by atoms with Crippen molar-refractivity contribution in [2.24, 2.45) is 5.41 Å². The van der Waals surface area contributed by atoms with Gasteiger partial charge < -0.3 is 27.1 Å². The molecule has 8 heteroatoms. The van der Waals surface area contributed by atoms with Gasteiger partial charge in [0.15, 0.2) is 0 Å². The Kier molecular flexibility index (Phi) is 8.75. The van der Waals surface area contributed by atoms with E-state index in [9.17, 15) is 0 Å². The van der Waals surface area contributed by atoms with Gasteiger partial charge in [-0.05, 0) is 33.4 Å². The highest BCUT2D eigenvalue weighted by atomic mass is 31.2. The molecule has 2 heterocycles. The summed E-state index contributed by atoms with van der Waals surface area (Å²) in [6.45, 7) is 2.75. The first-order valence-electron chi connectivity index (χ1n) is 12.9. The van der Waals surface area contributed by atoms with Gasteiger partial charge in [-0.3, -0.25) is 0 Å². The van der Waals surface area contributed by atoms with E-state index in [1.165, 1.54) is 22.3 Å². The molecule has 2 fully saturated rings. The molecule has 200 valence electrons. The standard InChI is InChI=1S/C31H30O6P2/c1-3-7-27(8-4-1)29-15-11-25(12-16-29)19-32-38-34-21-31(22-35-38)23-36-39(37-24-31)33-20-26-13-17-30(18-14-26)28-9-5-2-6-10-28/h1-18H,19-24H2. The van der Waals surface area contributed by atoms with Crippen molar-refractivity contribution < 1.29 is 27.1 Å². The number of rotatable bonds is 8. The van der Waals surface area contributed by atoms with E-state index in [0.29, 0.717) is 39.6 Å². The molecule has 0 amide bonds. The summed E-state index contributed by atoms with van der Waals surface area (Å²) in [5.74, 6) is 0. The van der Waals surface area contributed by atoms with Gasteiger partial charge >= 0.3 is 17.2 Å². The molecule has 0 N–H and O–H groups in total. The van der Waals surface area contributed by atoms with E-state index in [1.54, 1.807) is 0 Å². The molecule has 2 saturated heterocycles. The van der Waals surface area contributed by atoms with Gasteiger partial charge in [0.25, 0.3) is 0 Å². The summed E-state index contributed by atoms with van der Waals surface area (Å²) < 4.78 is 35.5. The molecular formula is C31H30O6P2. The molecule has 4 aromatic rings. The maximum atomic E-state index is 5.93. The molecule has 0 unspecified atom stereocenters. The SMILES string of the molecule is c1ccc(-c2ccc(COP3OCC4(CO3)COP(OCc3ccc(-c5ccccc5)cc3)OC4)cc2)cc1. The van der Waals surface area contributed by atoms with E-state index in [0.717, 1.165) is 11.1 Å². The van der Waals surface area contributed by atoms with Gasteiger partial charge in [0.2, 0.25) is 0 Å². The second kappa shape index (κ2) is 12.8. The first-order chi connectivity index (χ1) is 19.2. The third-order valence-electron chi connectivity index (χ3n) is 6.70. The first kappa shape index (κ1) is 26.7. The Balaban J connectivity index is 0.910. The van der Waals surface area contributed by atoms with Crippen LogP contribution in [0.15, 0.2) is 109 Å². The highest BCUT2D eigenvalue weighted by molar-refractivity contribution is 7.42. The Bertz CT molecular complexity index is 1190. The van der Waals surface area contributed by atoms with Gasteiger partial charge in [-0.15, -0.1) is 0 Å². The fraction of sp³-hybridized carbons (Fsp3) is 0.226. The van der Waals surface area contributed by atoms with Crippen LogP contribution in [-0.4, -0.2) is 26.4 Å². The lowest BCUT2D eigenvalue weighted by molar-refractivity contribution is -0.0772. The van der Waals surface area contributed by atoms with Crippen LogP contribution in [0.25, 0.3) is 22.3 Å². The van der Waals surface area contributed by atoms with Gasteiger partial charge in [0, 0.05) is 0 Å². The topological polar surface area (TPSA) is 55.4 Å². The van der Waals surface area contributed by atoms with Crippen molar-refractivity contribution in [1.29, 1.82) is 0 Å². The van der Waals surface area contributed by atoms with Crippen LogP contribution in [-0.2, 0) is 40.4 Å². The third-order valence-corrected chi connectivity index (χ3v) is 8.74. The average Bonchev–Trinajstić information content (AvgIpc) is 3.02. The van der Waals surface area contributed by atoms with Crippen molar-refractivity contribution in [3.8, 4) is 22.3 Å². The molecule has 6 rings (SSSR count). The van der Waals surface area contributed by atoms with E-state index in [4.69, 9.17) is 27.1 Å². The summed E-state index contributed by atoms with van der Waals surface area (Å²) in [5.41, 5.74) is 6.57. The molecule has 0 bridgehead atoms. The molecule has 0 saturated carbocycles. The summed E-state index contributed by atoms with van der Waals surface area (Å²) in [7, 11) is -2.81. The Hall–Kier alpha value is -2.50. The molecule has 6 nitrogen and oxygen atoms in total. The second-order valence-corrected chi connectivity index (χ2v) is 12.2. The van der Waals surface area contributed by atoms with Gasteiger partial charge in [0.1, 0.15) is 0 Å². The fourth-order valence-corrected chi connectivity index (χ4v) is 6.81. The summed E-state index contributed by atoms with van der Waals surface area (Å²) in [6, 6.07) is 37.4. The Morgan fingerprint density at radius 3 is 1.15 bits per heavy atom. The predicted octanol–water partition coefficient (Wildman–Crippen LogP) is 8.29. The van der Waals surface area contributed by atoms with Crippen molar-refractivity contribution in [2.45, 2.75) is 13.2 Å². The zero-order valence-corrected chi connectivity index (χ0v) is 23.3. The van der Waals surface area contributed by atoms with E-state index in [1.807, 2.05) is 36.4 Å². The van der Waals surface area contributed by atoms with Crippen LogP contribution in [0.4, 0.5) is 0 Å². The minimum absolute atomic E-state index is 0.334. The minimum atomic E-state index is -1.40. The maximum absolute atomic E-state index is 5.93. The quantitative estimate of drug-likeness (QED) is 0.202. The Morgan fingerprint density at radius 1 is 0.462 bits per heavy atom. The van der Waals surface area contributed by atoms with Crippen LogP contribution in [0.5, 0.6) is 0 Å². The van der Waals surface area contributed by atoms with Crippen LogP contribution in [0.1, 0.15) is 11.1 Å². The highest BCUT2D eigenvalue weighted by Gasteiger charge is 2.44. The van der Waals surface area contributed by atoms with E-state index < -0.39 is 17.2 Å². The van der Waals surface area contributed by atoms with Crippen LogP contribution >= 0.6 is 17.2 Å². The van der Waals surface area contributed by atoms with Gasteiger partial charge in [-0.1, -0.05) is 109 Å². The first-order valence-corrected chi connectivity index (χ1v) is 15.1. The number of hydrogen-bond acceptors (Lipinski definition) is 6. The second-order valence-electron chi connectivity index (χ2n) is 9.71. The van der Waals surface area contributed by atoms with Crippen molar-refractivity contribution in [3.05, 3.63) is 120 Å². The monoisotopic (exact) mass is 560 g/mol. The molecule has 0 atom stereocenters. The number of hydrogen-bond donors (Lipinski definition) is 0. The lowest BCUT2D eigenvalue weighted by Crippen LogP contribution is -2.44.